The zero-order valence-electron chi connectivity index (χ0n) is 20.1. The van der Waals surface area contributed by atoms with E-state index in [0.29, 0.717) is 61.7 Å². The molecule has 0 saturated heterocycles. The molecule has 10 heteroatoms. The summed E-state index contributed by atoms with van der Waals surface area (Å²) in [5.74, 6) is 0. The van der Waals surface area contributed by atoms with Crippen LogP contribution in [-0.2, 0) is 26.6 Å². The van der Waals surface area contributed by atoms with Gasteiger partial charge in [0.05, 0.1) is 11.4 Å². The molecule has 0 unspecified atom stereocenters. The Morgan fingerprint density at radius 2 is 0.781 bits per heavy atom. The molecule has 0 amide bonds. The van der Waals surface area contributed by atoms with Crippen LogP contribution < -0.4 is 10.6 Å². The highest BCUT2D eigenvalue weighted by Crippen LogP contribution is 2.17. The molecule has 0 aromatic carbocycles. The molecule has 0 aliphatic carbocycles. The molecule has 0 atom stereocenters. The Bertz CT molecular complexity index is 725. The minimum absolute atomic E-state index is 0.469. The Hall–Kier alpha value is -1.51. The zero-order valence-corrected chi connectivity index (χ0v) is 22.1. The van der Waals surface area contributed by atoms with Crippen LogP contribution in [-0.4, -0.2) is 67.2 Å². The summed E-state index contributed by atoms with van der Waals surface area (Å²) in [4.78, 5) is 9.70. The quantitative estimate of drug-likeness (QED) is 0.360. The van der Waals surface area contributed by atoms with Gasteiger partial charge in [-0.3, -0.25) is 0 Å². The summed E-state index contributed by atoms with van der Waals surface area (Å²) >= 11 is 0. The second-order valence-corrected chi connectivity index (χ2v) is 11.5. The van der Waals surface area contributed by atoms with Crippen LogP contribution in [0.5, 0.6) is 0 Å². The molecule has 2 aromatic heterocycles. The molecule has 2 aromatic rings. The predicted molar refractivity (Wildman–Crippen MR) is 128 cm³/mol. The topological polar surface area (TPSA) is 81.2 Å². The monoisotopic (exact) mass is 480 g/mol. The lowest BCUT2D eigenvalue weighted by molar-refractivity contribution is 0.0842. The van der Waals surface area contributed by atoms with Crippen LogP contribution >= 0.6 is 0 Å². The number of hydrogen-bond acceptors (Lipinski definition) is 8. The van der Waals surface area contributed by atoms with E-state index in [1.165, 1.54) is 0 Å². The third kappa shape index (κ3) is 6.30. The van der Waals surface area contributed by atoms with E-state index in [1.54, 1.807) is 0 Å². The van der Waals surface area contributed by atoms with E-state index in [2.05, 4.69) is 0 Å². The van der Waals surface area contributed by atoms with Crippen molar-refractivity contribution in [3.8, 4) is 11.4 Å². The molecule has 0 bridgehead atoms. The van der Waals surface area contributed by atoms with Crippen molar-refractivity contribution in [2.45, 2.75) is 41.5 Å². The molecular weight excluding hydrogens is 444 g/mol. The Labute approximate surface area is 193 Å². The predicted octanol–water partition coefficient (Wildman–Crippen LogP) is 2.65. The van der Waals surface area contributed by atoms with E-state index < -0.39 is 17.6 Å². The summed E-state index contributed by atoms with van der Waals surface area (Å²) in [6.07, 6.45) is 0. The molecule has 2 heterocycles. The average Bonchev–Trinajstić information content (AvgIpc) is 2.80. The Morgan fingerprint density at radius 1 is 0.500 bits per heavy atom. The van der Waals surface area contributed by atoms with E-state index in [4.69, 9.17) is 36.5 Å². The van der Waals surface area contributed by atoms with Gasteiger partial charge < -0.3 is 26.6 Å². The smallest absolute Gasteiger partial charge is 0.369 e. The summed E-state index contributed by atoms with van der Waals surface area (Å²) in [6, 6.07) is 11.4. The van der Waals surface area contributed by atoms with Gasteiger partial charge in [0, 0.05) is 39.6 Å². The summed E-state index contributed by atoms with van der Waals surface area (Å²) in [5, 5.41) is 1.33. The highest BCUT2D eigenvalue weighted by Gasteiger charge is 2.46. The van der Waals surface area contributed by atoms with Crippen molar-refractivity contribution in [3.63, 3.8) is 0 Å². The number of nitrogens with zero attached hydrogens (tertiary/aromatic N) is 2. The molecule has 0 aliphatic rings. The molecule has 0 aliphatic heterocycles. The lowest BCUT2D eigenvalue weighted by Gasteiger charge is -2.28. The molecule has 0 spiro atoms. The van der Waals surface area contributed by atoms with E-state index in [1.807, 2.05) is 77.9 Å². The standard InChI is InChI=1S/C22H36N2O6Si2/c1-7-25-31(26-8-2,27-9-3)21-17-13-15-19(23-21)20-16-14-18-22(24-20)32(28-10-4,29-11-5)30-12-6/h13-18H,7-12H2,1-6H3. The number of rotatable bonds is 15. The number of pyridine rings is 2. The largest absolute Gasteiger partial charge is 0.556 e. The summed E-state index contributed by atoms with van der Waals surface area (Å²) < 4.78 is 36.1. The first-order chi connectivity index (χ1) is 15.5. The van der Waals surface area contributed by atoms with Gasteiger partial charge in [-0.05, 0) is 65.8 Å². The van der Waals surface area contributed by atoms with E-state index in [0.717, 1.165) is 0 Å². The fraction of sp³-hybridized carbons (Fsp3) is 0.545. The Morgan fingerprint density at radius 3 is 1.03 bits per heavy atom. The van der Waals surface area contributed by atoms with Crippen LogP contribution in [0, 0.1) is 0 Å². The van der Waals surface area contributed by atoms with Crippen LogP contribution in [0.2, 0.25) is 0 Å². The second kappa shape index (κ2) is 13.3. The third-order valence-corrected chi connectivity index (χ3v) is 10.2. The van der Waals surface area contributed by atoms with Crippen molar-refractivity contribution >= 4 is 28.2 Å². The fourth-order valence-electron chi connectivity index (χ4n) is 3.33. The molecule has 0 N–H and O–H groups in total. The van der Waals surface area contributed by atoms with Crippen molar-refractivity contribution in [1.82, 2.24) is 9.97 Å². The van der Waals surface area contributed by atoms with Crippen molar-refractivity contribution in [2.75, 3.05) is 39.6 Å². The highest BCUT2D eigenvalue weighted by atomic mass is 28.4. The highest BCUT2D eigenvalue weighted by molar-refractivity contribution is 6.75. The molecule has 0 fully saturated rings. The molecule has 2 rings (SSSR count). The van der Waals surface area contributed by atoms with E-state index >= 15 is 0 Å². The maximum absolute atomic E-state index is 6.02. The van der Waals surface area contributed by atoms with Gasteiger partial charge in [-0.1, -0.05) is 12.1 Å². The summed E-state index contributed by atoms with van der Waals surface area (Å²) in [7, 11) is -6.26. The SMILES string of the molecule is CCO[Si](OCC)(OCC)c1cccc(-c2cccc([Si](OCC)(OCC)OCC)n2)n1. The maximum atomic E-state index is 6.02. The molecule has 0 radical (unpaired) electrons. The van der Waals surface area contributed by atoms with Crippen LogP contribution in [0.15, 0.2) is 36.4 Å². The summed E-state index contributed by atoms with van der Waals surface area (Å²) in [6.45, 7) is 14.4. The first-order valence-corrected chi connectivity index (χ1v) is 14.8. The number of hydrogen-bond donors (Lipinski definition) is 0. The van der Waals surface area contributed by atoms with Gasteiger partial charge in [-0.2, -0.15) is 0 Å². The first kappa shape index (κ1) is 26.7. The Balaban J connectivity index is 2.53. The van der Waals surface area contributed by atoms with Crippen molar-refractivity contribution in [1.29, 1.82) is 0 Å². The molecule has 178 valence electrons. The van der Waals surface area contributed by atoms with Gasteiger partial charge in [0.2, 0.25) is 0 Å². The van der Waals surface area contributed by atoms with Crippen LogP contribution in [0.3, 0.4) is 0 Å². The third-order valence-electron chi connectivity index (χ3n) is 4.39. The van der Waals surface area contributed by atoms with Gasteiger partial charge in [-0.15, -0.1) is 0 Å². The van der Waals surface area contributed by atoms with E-state index in [-0.39, 0.29) is 0 Å². The van der Waals surface area contributed by atoms with Crippen LogP contribution in [0.1, 0.15) is 41.5 Å². The number of aromatic nitrogens is 2. The van der Waals surface area contributed by atoms with Gasteiger partial charge in [0.1, 0.15) is 10.6 Å². The molecular formula is C22H36N2O6Si2. The molecule has 8 nitrogen and oxygen atoms in total. The van der Waals surface area contributed by atoms with Gasteiger partial charge in [0.15, 0.2) is 0 Å². The first-order valence-electron chi connectivity index (χ1n) is 11.3. The molecule has 32 heavy (non-hydrogen) atoms. The maximum Gasteiger partial charge on any atom is 0.556 e. The van der Waals surface area contributed by atoms with Crippen molar-refractivity contribution < 1.29 is 26.6 Å². The van der Waals surface area contributed by atoms with Gasteiger partial charge in [-0.25, -0.2) is 9.97 Å². The van der Waals surface area contributed by atoms with Crippen molar-refractivity contribution in [3.05, 3.63) is 36.4 Å². The normalized spacial score (nSPS) is 12.3. The summed E-state index contributed by atoms with van der Waals surface area (Å²) in [5.41, 5.74) is 1.38. The minimum Gasteiger partial charge on any atom is -0.369 e. The lowest BCUT2D eigenvalue weighted by atomic mass is 10.2. The minimum atomic E-state index is -3.13. The molecule has 0 saturated carbocycles. The van der Waals surface area contributed by atoms with E-state index in [9.17, 15) is 0 Å². The zero-order chi connectivity index (χ0) is 23.5. The lowest BCUT2D eigenvalue weighted by Crippen LogP contribution is -2.58. The van der Waals surface area contributed by atoms with Gasteiger partial charge in [0.25, 0.3) is 0 Å². The van der Waals surface area contributed by atoms with Crippen LogP contribution in [0.25, 0.3) is 11.4 Å². The Kier molecular flexibility index (Phi) is 11.1. The second-order valence-electron chi connectivity index (χ2n) is 6.53. The van der Waals surface area contributed by atoms with Crippen molar-refractivity contribution in [2.24, 2.45) is 0 Å². The fourth-order valence-corrected chi connectivity index (χ4v) is 8.11. The average molecular weight is 481 g/mol. The van der Waals surface area contributed by atoms with Gasteiger partial charge >= 0.3 is 17.6 Å². The van der Waals surface area contributed by atoms with Crippen LogP contribution in [0.4, 0.5) is 0 Å².